The number of hydrogen-bond donors (Lipinski definition) is 1. The van der Waals surface area contributed by atoms with E-state index in [2.05, 4.69) is 12.2 Å². The maximum absolute atomic E-state index is 12.2. The molecule has 32 heavy (non-hydrogen) atoms. The lowest BCUT2D eigenvalue weighted by Crippen LogP contribution is -2.60. The van der Waals surface area contributed by atoms with Gasteiger partial charge in [-0.1, -0.05) is 90.4 Å². The lowest BCUT2D eigenvalue weighted by atomic mass is 9.91. The Bertz CT molecular complexity index is 552. The normalized spacial score (nSPS) is 20.8. The smallest absolute Gasteiger partial charge is 0.302 e. The van der Waals surface area contributed by atoms with Gasteiger partial charge in [0.15, 0.2) is 0 Å². The van der Waals surface area contributed by atoms with Crippen LogP contribution in [0.5, 0.6) is 0 Å². The fourth-order valence-corrected chi connectivity index (χ4v) is 4.84. The fourth-order valence-electron chi connectivity index (χ4n) is 4.84. The summed E-state index contributed by atoms with van der Waals surface area (Å²) in [5.74, 6) is -0.506. The van der Waals surface area contributed by atoms with Crippen LogP contribution in [0, 0.1) is 0 Å². The molecule has 1 fully saturated rings. The summed E-state index contributed by atoms with van der Waals surface area (Å²) in [6.07, 6.45) is 18.2. The van der Waals surface area contributed by atoms with Crippen LogP contribution in [0.25, 0.3) is 0 Å². The van der Waals surface area contributed by atoms with Gasteiger partial charge in [0.2, 0.25) is 11.8 Å². The average molecular weight is 453 g/mol. The van der Waals surface area contributed by atoms with E-state index < -0.39 is 0 Å². The third-order valence-corrected chi connectivity index (χ3v) is 6.54. The van der Waals surface area contributed by atoms with Crippen molar-refractivity contribution in [1.29, 1.82) is 0 Å². The summed E-state index contributed by atoms with van der Waals surface area (Å²) in [6, 6.07) is -0.280. The highest BCUT2D eigenvalue weighted by molar-refractivity contribution is 5.75. The first-order valence-corrected chi connectivity index (χ1v) is 13.1. The van der Waals surface area contributed by atoms with Crippen LogP contribution in [0.15, 0.2) is 0 Å². The topological polar surface area (TPSA) is 75.7 Å². The number of ether oxygens (including phenoxy) is 1. The van der Waals surface area contributed by atoms with Gasteiger partial charge in [-0.25, -0.2) is 0 Å². The second-order valence-corrected chi connectivity index (χ2v) is 9.55. The van der Waals surface area contributed by atoms with Crippen LogP contribution in [-0.2, 0) is 19.1 Å². The molecule has 0 aliphatic carbocycles. The molecular formula is C26H48N2O4. The Labute approximate surface area is 196 Å². The number of nitrogens with one attached hydrogen (secondary N) is 1. The van der Waals surface area contributed by atoms with Crippen LogP contribution in [0.2, 0.25) is 0 Å². The van der Waals surface area contributed by atoms with Gasteiger partial charge >= 0.3 is 5.97 Å². The van der Waals surface area contributed by atoms with Crippen molar-refractivity contribution >= 4 is 17.8 Å². The Balaban J connectivity index is 2.27. The molecule has 0 bridgehead atoms. The first-order valence-electron chi connectivity index (χ1n) is 13.1. The SMILES string of the molecule is CCCCCCCCCCCCCCC[C@@H]1C[C@@H](OC(C)=O)[C@@H](NC(C)=O)CN1C(C)=O. The van der Waals surface area contributed by atoms with Gasteiger partial charge in [0, 0.05) is 39.8 Å². The van der Waals surface area contributed by atoms with Crippen molar-refractivity contribution in [3.8, 4) is 0 Å². The highest BCUT2D eigenvalue weighted by atomic mass is 16.5. The first-order chi connectivity index (χ1) is 15.3. The van der Waals surface area contributed by atoms with E-state index in [1.807, 2.05) is 4.90 Å². The first kappa shape index (κ1) is 28.4. The number of nitrogens with zero attached hydrogens (tertiary/aromatic N) is 1. The van der Waals surface area contributed by atoms with E-state index >= 15 is 0 Å². The average Bonchev–Trinajstić information content (AvgIpc) is 2.72. The van der Waals surface area contributed by atoms with Crippen molar-refractivity contribution in [2.75, 3.05) is 6.54 Å². The largest absolute Gasteiger partial charge is 0.460 e. The van der Waals surface area contributed by atoms with Crippen LogP contribution in [0.3, 0.4) is 0 Å². The third kappa shape index (κ3) is 12.4. The molecule has 0 aromatic rings. The summed E-state index contributed by atoms with van der Waals surface area (Å²) in [6.45, 7) is 7.08. The molecule has 1 heterocycles. The number of unbranched alkanes of at least 4 members (excludes halogenated alkanes) is 12. The number of hydrogen-bond acceptors (Lipinski definition) is 4. The standard InChI is InChI=1S/C26H48N2O4/c1-5-6-7-8-9-10-11-12-13-14-15-16-17-18-24-19-26(32-23(4)31)25(27-21(2)29)20-28(24)22(3)30/h24-26H,5-20H2,1-4H3,(H,27,29)/t24-,25+,26-/m1/s1. The number of carbonyl (C=O) groups is 3. The van der Waals surface area contributed by atoms with Crippen molar-refractivity contribution in [2.24, 2.45) is 0 Å². The Hall–Kier alpha value is -1.59. The summed E-state index contributed by atoms with van der Waals surface area (Å²) in [5, 5.41) is 2.85. The van der Waals surface area contributed by atoms with Gasteiger partial charge in [-0.05, 0) is 6.42 Å². The van der Waals surface area contributed by atoms with E-state index in [4.69, 9.17) is 4.74 Å². The summed E-state index contributed by atoms with van der Waals surface area (Å²) < 4.78 is 5.49. The number of amides is 2. The Morgan fingerprint density at radius 2 is 1.31 bits per heavy atom. The predicted molar refractivity (Wildman–Crippen MR) is 129 cm³/mol. The number of rotatable bonds is 16. The van der Waals surface area contributed by atoms with E-state index in [1.165, 1.54) is 90.9 Å². The van der Waals surface area contributed by atoms with Gasteiger partial charge in [0.25, 0.3) is 0 Å². The van der Waals surface area contributed by atoms with E-state index in [9.17, 15) is 14.4 Å². The molecule has 2 amide bonds. The number of esters is 1. The molecule has 0 saturated carbocycles. The molecule has 1 aliphatic heterocycles. The second-order valence-electron chi connectivity index (χ2n) is 9.55. The molecule has 3 atom stereocenters. The second kappa shape index (κ2) is 17.0. The number of piperidine rings is 1. The lowest BCUT2D eigenvalue weighted by Gasteiger charge is -2.43. The molecular weight excluding hydrogens is 404 g/mol. The third-order valence-electron chi connectivity index (χ3n) is 6.54. The van der Waals surface area contributed by atoms with Crippen molar-refractivity contribution in [3.63, 3.8) is 0 Å². The lowest BCUT2D eigenvalue weighted by molar-refractivity contribution is -0.155. The molecule has 1 rings (SSSR count). The van der Waals surface area contributed by atoms with Crippen molar-refractivity contribution < 1.29 is 19.1 Å². The summed E-state index contributed by atoms with van der Waals surface area (Å²) in [7, 11) is 0. The van der Waals surface area contributed by atoms with Crippen LogP contribution < -0.4 is 5.32 Å². The summed E-state index contributed by atoms with van der Waals surface area (Å²) in [4.78, 5) is 37.1. The Morgan fingerprint density at radius 1 is 0.812 bits per heavy atom. The van der Waals surface area contributed by atoms with Gasteiger partial charge in [0.1, 0.15) is 6.10 Å². The Kier molecular flexibility index (Phi) is 15.1. The molecule has 6 heteroatoms. The number of likely N-dealkylation sites (tertiary alicyclic amines) is 1. The molecule has 0 unspecified atom stereocenters. The number of carbonyl (C=O) groups excluding carboxylic acids is 3. The highest BCUT2D eigenvalue weighted by Gasteiger charge is 2.38. The monoisotopic (exact) mass is 452 g/mol. The van der Waals surface area contributed by atoms with Crippen molar-refractivity contribution in [2.45, 2.75) is 142 Å². The van der Waals surface area contributed by atoms with Gasteiger partial charge in [-0.15, -0.1) is 0 Å². The fraction of sp³-hybridized carbons (Fsp3) is 0.885. The van der Waals surface area contributed by atoms with Crippen LogP contribution in [-0.4, -0.2) is 47.4 Å². The van der Waals surface area contributed by atoms with E-state index in [1.54, 1.807) is 6.92 Å². The zero-order valence-electron chi connectivity index (χ0n) is 21.1. The minimum absolute atomic E-state index is 0.0151. The Morgan fingerprint density at radius 3 is 1.75 bits per heavy atom. The molecule has 0 aromatic heterocycles. The minimum atomic E-state index is -0.376. The molecule has 0 aromatic carbocycles. The summed E-state index contributed by atoms with van der Waals surface area (Å²) >= 11 is 0. The van der Waals surface area contributed by atoms with Crippen LogP contribution in [0.1, 0.15) is 124 Å². The molecule has 0 spiro atoms. The van der Waals surface area contributed by atoms with E-state index in [-0.39, 0.29) is 36.0 Å². The molecule has 1 N–H and O–H groups in total. The minimum Gasteiger partial charge on any atom is -0.460 e. The quantitative estimate of drug-likeness (QED) is 0.247. The zero-order chi connectivity index (χ0) is 23.8. The van der Waals surface area contributed by atoms with Crippen LogP contribution >= 0.6 is 0 Å². The molecule has 186 valence electrons. The molecule has 1 aliphatic rings. The highest BCUT2D eigenvalue weighted by Crippen LogP contribution is 2.25. The van der Waals surface area contributed by atoms with Gasteiger partial charge in [-0.2, -0.15) is 0 Å². The van der Waals surface area contributed by atoms with E-state index in [0.29, 0.717) is 13.0 Å². The molecule has 6 nitrogen and oxygen atoms in total. The molecule has 0 radical (unpaired) electrons. The van der Waals surface area contributed by atoms with Crippen molar-refractivity contribution in [1.82, 2.24) is 10.2 Å². The van der Waals surface area contributed by atoms with Crippen molar-refractivity contribution in [3.05, 3.63) is 0 Å². The van der Waals surface area contributed by atoms with Crippen LogP contribution in [0.4, 0.5) is 0 Å². The molecule has 1 saturated heterocycles. The predicted octanol–water partition coefficient (Wildman–Crippen LogP) is 5.52. The van der Waals surface area contributed by atoms with Gasteiger partial charge < -0.3 is 15.0 Å². The summed E-state index contributed by atoms with van der Waals surface area (Å²) in [5.41, 5.74) is 0. The maximum atomic E-state index is 12.2. The maximum Gasteiger partial charge on any atom is 0.302 e. The zero-order valence-corrected chi connectivity index (χ0v) is 21.1. The van der Waals surface area contributed by atoms with E-state index in [0.717, 1.165) is 12.8 Å². The van der Waals surface area contributed by atoms with Gasteiger partial charge in [-0.3, -0.25) is 14.4 Å². The van der Waals surface area contributed by atoms with Gasteiger partial charge in [0.05, 0.1) is 6.04 Å².